The van der Waals surface area contributed by atoms with Crippen molar-refractivity contribution in [2.75, 3.05) is 0 Å². The average molecular weight is 284 g/mol. The van der Waals surface area contributed by atoms with Gasteiger partial charge in [0.25, 0.3) is 0 Å². The molecule has 0 spiro atoms. The van der Waals surface area contributed by atoms with Crippen molar-refractivity contribution in [2.45, 2.75) is 40.0 Å². The zero-order valence-electron chi connectivity index (χ0n) is 7.52. The summed E-state index contributed by atoms with van der Waals surface area (Å²) in [5, 5.41) is 0. The highest BCUT2D eigenvalue weighted by atomic mass is 127. The Kier molecular flexibility index (Phi) is 6.82. The maximum atomic E-state index is 4.47. The number of hydrogen-bond acceptors (Lipinski definition) is 1. The highest BCUT2D eigenvalue weighted by Gasteiger charge is 2.03. The van der Waals surface area contributed by atoms with E-state index in [4.69, 9.17) is 0 Å². The Hall–Kier alpha value is 0.820. The largest absolute Gasteiger partial charge is 0.147 e. The molecule has 2 heteroatoms. The summed E-state index contributed by atoms with van der Waals surface area (Å²) >= 11 is 6.85. The SMILES string of the molecule is CC/C(I)=C(/S)C[C@@H](C)CC. The Morgan fingerprint density at radius 3 is 2.36 bits per heavy atom. The summed E-state index contributed by atoms with van der Waals surface area (Å²) in [6, 6.07) is 0. The lowest BCUT2D eigenvalue weighted by molar-refractivity contribution is 0.567. The number of thiol groups is 1. The molecule has 0 fully saturated rings. The normalized spacial score (nSPS) is 16.1. The van der Waals surface area contributed by atoms with Crippen molar-refractivity contribution in [1.29, 1.82) is 0 Å². The van der Waals surface area contributed by atoms with Crippen LogP contribution in [0.3, 0.4) is 0 Å². The molecule has 0 bridgehead atoms. The van der Waals surface area contributed by atoms with Crippen LogP contribution in [0.5, 0.6) is 0 Å². The first-order valence-electron chi connectivity index (χ1n) is 4.18. The van der Waals surface area contributed by atoms with Crippen LogP contribution >= 0.6 is 35.2 Å². The highest BCUT2D eigenvalue weighted by Crippen LogP contribution is 2.26. The lowest BCUT2D eigenvalue weighted by Gasteiger charge is -2.09. The first kappa shape index (κ1) is 11.8. The van der Waals surface area contributed by atoms with Gasteiger partial charge in [-0.05, 0) is 49.8 Å². The molecule has 0 aromatic heterocycles. The zero-order chi connectivity index (χ0) is 8.85. The monoisotopic (exact) mass is 284 g/mol. The van der Waals surface area contributed by atoms with Crippen LogP contribution in [0.4, 0.5) is 0 Å². The molecule has 0 aliphatic carbocycles. The van der Waals surface area contributed by atoms with E-state index in [1.54, 1.807) is 0 Å². The molecule has 11 heavy (non-hydrogen) atoms. The summed E-state index contributed by atoms with van der Waals surface area (Å²) in [7, 11) is 0. The van der Waals surface area contributed by atoms with E-state index < -0.39 is 0 Å². The van der Waals surface area contributed by atoms with Crippen LogP contribution in [-0.2, 0) is 0 Å². The summed E-state index contributed by atoms with van der Waals surface area (Å²) in [4.78, 5) is 1.28. The van der Waals surface area contributed by atoms with Crippen LogP contribution < -0.4 is 0 Å². The molecule has 0 heterocycles. The van der Waals surface area contributed by atoms with E-state index in [0.717, 1.165) is 18.8 Å². The van der Waals surface area contributed by atoms with Crippen molar-refractivity contribution in [3.63, 3.8) is 0 Å². The van der Waals surface area contributed by atoms with Crippen LogP contribution in [0.25, 0.3) is 0 Å². The maximum Gasteiger partial charge on any atom is -0.000427 e. The van der Waals surface area contributed by atoms with E-state index in [2.05, 4.69) is 56.0 Å². The fourth-order valence-corrected chi connectivity index (χ4v) is 1.48. The van der Waals surface area contributed by atoms with Gasteiger partial charge in [0, 0.05) is 0 Å². The van der Waals surface area contributed by atoms with Gasteiger partial charge in [-0.2, -0.15) is 0 Å². The second kappa shape index (κ2) is 6.35. The van der Waals surface area contributed by atoms with E-state index in [9.17, 15) is 0 Å². The Bertz CT molecular complexity index is 140. The predicted molar refractivity (Wildman–Crippen MR) is 64.4 cm³/mol. The molecule has 66 valence electrons. The minimum atomic E-state index is 0.777. The predicted octanol–water partition coefficient (Wildman–Crippen LogP) is 4.41. The minimum Gasteiger partial charge on any atom is -0.147 e. The zero-order valence-corrected chi connectivity index (χ0v) is 10.6. The van der Waals surface area contributed by atoms with Gasteiger partial charge in [-0.15, -0.1) is 12.6 Å². The number of hydrogen-bond donors (Lipinski definition) is 1. The minimum absolute atomic E-state index is 0.777. The van der Waals surface area contributed by atoms with Gasteiger partial charge >= 0.3 is 0 Å². The molecule has 0 unspecified atom stereocenters. The molecule has 0 amide bonds. The van der Waals surface area contributed by atoms with Crippen molar-refractivity contribution < 1.29 is 0 Å². The first-order valence-corrected chi connectivity index (χ1v) is 5.70. The Morgan fingerprint density at radius 1 is 1.45 bits per heavy atom. The van der Waals surface area contributed by atoms with E-state index in [-0.39, 0.29) is 0 Å². The molecule has 0 saturated heterocycles. The van der Waals surface area contributed by atoms with E-state index >= 15 is 0 Å². The van der Waals surface area contributed by atoms with Gasteiger partial charge in [-0.3, -0.25) is 0 Å². The third kappa shape index (κ3) is 5.12. The van der Waals surface area contributed by atoms with E-state index in [0.29, 0.717) is 0 Å². The molecule has 0 N–H and O–H groups in total. The van der Waals surface area contributed by atoms with E-state index in [1.165, 1.54) is 14.9 Å². The number of rotatable bonds is 4. The van der Waals surface area contributed by atoms with Crippen LogP contribution in [0.15, 0.2) is 8.48 Å². The number of allylic oxidation sites excluding steroid dienone is 2. The van der Waals surface area contributed by atoms with Crippen molar-refractivity contribution in [3.05, 3.63) is 8.48 Å². The highest BCUT2D eigenvalue weighted by molar-refractivity contribution is 14.1. The molecule has 0 aromatic rings. The molecule has 0 aliphatic rings. The Labute approximate surface area is 89.4 Å². The summed E-state index contributed by atoms with van der Waals surface area (Å²) < 4.78 is 1.41. The molecule has 0 saturated carbocycles. The van der Waals surface area contributed by atoms with Crippen molar-refractivity contribution >= 4 is 35.2 Å². The molecule has 0 aliphatic heterocycles. The number of halogens is 1. The molecular weight excluding hydrogens is 267 g/mol. The second-order valence-electron chi connectivity index (χ2n) is 2.92. The van der Waals surface area contributed by atoms with Gasteiger partial charge in [-0.25, -0.2) is 0 Å². The maximum absolute atomic E-state index is 4.47. The first-order chi connectivity index (χ1) is 5.11. The van der Waals surface area contributed by atoms with Crippen molar-refractivity contribution in [2.24, 2.45) is 5.92 Å². The third-order valence-electron chi connectivity index (χ3n) is 1.86. The van der Waals surface area contributed by atoms with Crippen molar-refractivity contribution in [1.82, 2.24) is 0 Å². The summed E-state index contributed by atoms with van der Waals surface area (Å²) in [6.45, 7) is 6.68. The topological polar surface area (TPSA) is 0 Å². The van der Waals surface area contributed by atoms with Crippen LogP contribution in [-0.4, -0.2) is 0 Å². The quantitative estimate of drug-likeness (QED) is 0.574. The van der Waals surface area contributed by atoms with Gasteiger partial charge in [0.1, 0.15) is 0 Å². The lowest BCUT2D eigenvalue weighted by atomic mass is 10.0. The molecule has 0 nitrogen and oxygen atoms in total. The van der Waals surface area contributed by atoms with Crippen LogP contribution in [0.2, 0.25) is 0 Å². The Balaban J connectivity index is 3.94. The molecule has 0 rings (SSSR count). The molecule has 0 aromatic carbocycles. The smallest absolute Gasteiger partial charge is 0.000427 e. The van der Waals surface area contributed by atoms with E-state index in [1.807, 2.05) is 0 Å². The second-order valence-corrected chi connectivity index (χ2v) is 4.76. The summed E-state index contributed by atoms with van der Waals surface area (Å²) in [5.74, 6) is 0.777. The van der Waals surface area contributed by atoms with Crippen LogP contribution in [0.1, 0.15) is 40.0 Å². The third-order valence-corrected chi connectivity index (χ3v) is 4.16. The molecule has 1 atom stereocenters. The van der Waals surface area contributed by atoms with Crippen LogP contribution in [0, 0.1) is 5.92 Å². The summed E-state index contributed by atoms with van der Waals surface area (Å²) in [5.41, 5.74) is 0. The average Bonchev–Trinajstić information content (AvgIpc) is 2.02. The standard InChI is InChI=1S/C9H17IS/c1-4-7(3)6-9(11)8(10)5-2/h7,11H,4-6H2,1-3H3/b9-8-/t7-/m0/s1. The molecular formula is C9H17IS. The van der Waals surface area contributed by atoms with Gasteiger partial charge < -0.3 is 0 Å². The van der Waals surface area contributed by atoms with Gasteiger partial charge in [0.2, 0.25) is 0 Å². The van der Waals surface area contributed by atoms with Gasteiger partial charge in [0.05, 0.1) is 0 Å². The Morgan fingerprint density at radius 2 is 2.00 bits per heavy atom. The molecule has 0 radical (unpaired) electrons. The van der Waals surface area contributed by atoms with Crippen molar-refractivity contribution in [3.8, 4) is 0 Å². The van der Waals surface area contributed by atoms with Gasteiger partial charge in [-0.1, -0.05) is 27.2 Å². The fourth-order valence-electron chi connectivity index (χ4n) is 0.789. The van der Waals surface area contributed by atoms with Gasteiger partial charge in [0.15, 0.2) is 0 Å². The lowest BCUT2D eigenvalue weighted by Crippen LogP contribution is -1.92. The summed E-state index contributed by atoms with van der Waals surface area (Å²) in [6.07, 6.45) is 3.51. The fraction of sp³-hybridized carbons (Fsp3) is 0.778.